The number of guanidine groups is 1. The molecule has 0 bridgehead atoms. The predicted octanol–water partition coefficient (Wildman–Crippen LogP) is 1.80. The number of nitrogens with zero attached hydrogens (tertiary/aromatic N) is 3. The molecule has 1 fully saturated rings. The number of nitrogens with one attached hydrogen (secondary N) is 2. The average molecular weight is 404 g/mol. The van der Waals surface area contributed by atoms with E-state index >= 15 is 0 Å². The lowest BCUT2D eigenvalue weighted by Gasteiger charge is -2.34. The van der Waals surface area contributed by atoms with Crippen LogP contribution in [0, 0.1) is 5.92 Å². The van der Waals surface area contributed by atoms with Gasteiger partial charge in [-0.2, -0.15) is 0 Å². The Morgan fingerprint density at radius 2 is 2.00 bits per heavy atom. The Hall–Kier alpha value is -2.12. The van der Waals surface area contributed by atoms with Crippen LogP contribution in [0.3, 0.4) is 0 Å². The second kappa shape index (κ2) is 11.8. The first-order valence-electron chi connectivity index (χ1n) is 10.6. The van der Waals surface area contributed by atoms with Crippen LogP contribution >= 0.6 is 0 Å². The summed E-state index contributed by atoms with van der Waals surface area (Å²) in [5, 5.41) is 6.69. The van der Waals surface area contributed by atoms with E-state index in [1.165, 1.54) is 0 Å². The lowest BCUT2D eigenvalue weighted by molar-refractivity contribution is -0.0284. The molecule has 1 amide bonds. The lowest BCUT2D eigenvalue weighted by Crippen LogP contribution is -2.50. The van der Waals surface area contributed by atoms with Crippen molar-refractivity contribution in [1.82, 2.24) is 20.4 Å². The molecular formula is C22H37N5O2. The van der Waals surface area contributed by atoms with E-state index in [2.05, 4.69) is 41.3 Å². The maximum absolute atomic E-state index is 12.0. The van der Waals surface area contributed by atoms with E-state index in [-0.39, 0.29) is 12.0 Å². The number of carbonyl (C=O) groups excluding carboxylic acids is 1. The Morgan fingerprint density at radius 3 is 2.62 bits per heavy atom. The van der Waals surface area contributed by atoms with Crippen molar-refractivity contribution in [2.24, 2.45) is 10.9 Å². The van der Waals surface area contributed by atoms with Gasteiger partial charge in [0, 0.05) is 52.4 Å². The second-order valence-electron chi connectivity index (χ2n) is 8.12. The molecule has 0 aliphatic carbocycles. The minimum Gasteiger partial charge on any atom is -0.374 e. The van der Waals surface area contributed by atoms with Crippen molar-refractivity contribution in [1.29, 1.82) is 0 Å². The van der Waals surface area contributed by atoms with Crippen molar-refractivity contribution < 1.29 is 9.53 Å². The molecule has 1 aliphatic rings. The number of benzene rings is 1. The molecule has 0 saturated carbocycles. The van der Waals surface area contributed by atoms with Crippen molar-refractivity contribution in [3.63, 3.8) is 0 Å². The van der Waals surface area contributed by atoms with Crippen molar-refractivity contribution in [3.05, 3.63) is 35.4 Å². The van der Waals surface area contributed by atoms with Crippen molar-refractivity contribution >= 4 is 11.9 Å². The molecule has 1 aliphatic heterocycles. The zero-order valence-corrected chi connectivity index (χ0v) is 18.6. The summed E-state index contributed by atoms with van der Waals surface area (Å²) in [5.74, 6) is 1.46. The van der Waals surface area contributed by atoms with Crippen LogP contribution in [-0.2, 0) is 11.3 Å². The van der Waals surface area contributed by atoms with Crippen molar-refractivity contribution in [2.45, 2.75) is 33.4 Å². The molecule has 2 rings (SSSR count). The molecule has 162 valence electrons. The number of amides is 1. The molecule has 1 heterocycles. The first kappa shape index (κ1) is 23.2. The lowest BCUT2D eigenvalue weighted by atomic mass is 10.1. The highest BCUT2D eigenvalue weighted by Gasteiger charge is 2.21. The van der Waals surface area contributed by atoms with Gasteiger partial charge in [0.2, 0.25) is 0 Å². The van der Waals surface area contributed by atoms with Crippen LogP contribution in [0.25, 0.3) is 0 Å². The van der Waals surface area contributed by atoms with E-state index in [1.54, 1.807) is 19.0 Å². The molecule has 29 heavy (non-hydrogen) atoms. The first-order valence-corrected chi connectivity index (χ1v) is 10.6. The van der Waals surface area contributed by atoms with E-state index in [1.807, 2.05) is 24.3 Å². The summed E-state index contributed by atoms with van der Waals surface area (Å²) in [7, 11) is 3.51. The predicted molar refractivity (Wildman–Crippen MR) is 118 cm³/mol. The van der Waals surface area contributed by atoms with Gasteiger partial charge in [-0.05, 0) is 30.5 Å². The fraction of sp³-hybridized carbons (Fsp3) is 0.636. The van der Waals surface area contributed by atoms with Gasteiger partial charge in [-0.3, -0.25) is 9.69 Å². The molecule has 1 saturated heterocycles. The molecule has 1 aromatic rings. The number of aliphatic imine (C=N–C) groups is 1. The van der Waals surface area contributed by atoms with Crippen LogP contribution in [0.5, 0.6) is 0 Å². The van der Waals surface area contributed by atoms with E-state index < -0.39 is 0 Å². The zero-order chi connectivity index (χ0) is 21.2. The highest BCUT2D eigenvalue weighted by atomic mass is 16.5. The highest BCUT2D eigenvalue weighted by Crippen LogP contribution is 2.09. The van der Waals surface area contributed by atoms with Crippen molar-refractivity contribution in [3.8, 4) is 0 Å². The van der Waals surface area contributed by atoms with Gasteiger partial charge in [0.25, 0.3) is 5.91 Å². The monoisotopic (exact) mass is 403 g/mol. The molecule has 1 aromatic carbocycles. The van der Waals surface area contributed by atoms with Gasteiger partial charge < -0.3 is 20.3 Å². The average Bonchev–Trinajstić information content (AvgIpc) is 2.69. The molecule has 7 heteroatoms. The van der Waals surface area contributed by atoms with Gasteiger partial charge in [0.15, 0.2) is 5.96 Å². The topological polar surface area (TPSA) is 69.2 Å². The summed E-state index contributed by atoms with van der Waals surface area (Å²) in [6, 6.07) is 7.62. The number of carbonyl (C=O) groups is 1. The normalized spacial score (nSPS) is 18.0. The summed E-state index contributed by atoms with van der Waals surface area (Å²) in [6.45, 7) is 12.5. The molecule has 1 atom stereocenters. The molecular weight excluding hydrogens is 366 g/mol. The number of hydrogen-bond donors (Lipinski definition) is 2. The molecule has 0 aromatic heterocycles. The van der Waals surface area contributed by atoms with Gasteiger partial charge in [0.1, 0.15) is 0 Å². The van der Waals surface area contributed by atoms with Gasteiger partial charge in [-0.1, -0.05) is 26.0 Å². The van der Waals surface area contributed by atoms with Crippen molar-refractivity contribution in [2.75, 3.05) is 53.4 Å². The van der Waals surface area contributed by atoms with E-state index in [9.17, 15) is 4.79 Å². The Labute approximate surface area is 175 Å². The maximum atomic E-state index is 12.0. The number of morpholine rings is 1. The van der Waals surface area contributed by atoms with Gasteiger partial charge in [-0.25, -0.2) is 4.99 Å². The quantitative estimate of drug-likeness (QED) is 0.512. The summed E-state index contributed by atoms with van der Waals surface area (Å²) < 4.78 is 5.91. The van der Waals surface area contributed by atoms with E-state index in [0.29, 0.717) is 18.0 Å². The highest BCUT2D eigenvalue weighted by molar-refractivity contribution is 5.93. The largest absolute Gasteiger partial charge is 0.374 e. The fourth-order valence-electron chi connectivity index (χ4n) is 3.32. The number of hydrogen-bond acceptors (Lipinski definition) is 4. The summed E-state index contributed by atoms with van der Waals surface area (Å²) in [5.41, 5.74) is 1.75. The standard InChI is InChI=1S/C22H37N5O2/c1-6-23-22(25-14-20-16-27(11-12-29-20)15-17(2)3)24-13-18-7-9-19(10-8-18)21(28)26(4)5/h7-10,17,20H,6,11-16H2,1-5H3,(H2,23,24,25). The van der Waals surface area contributed by atoms with Crippen LogP contribution in [0.2, 0.25) is 0 Å². The van der Waals surface area contributed by atoms with Gasteiger partial charge in [-0.15, -0.1) is 0 Å². The zero-order valence-electron chi connectivity index (χ0n) is 18.6. The number of rotatable bonds is 8. The van der Waals surface area contributed by atoms with Crippen LogP contribution in [0.1, 0.15) is 36.7 Å². The Kier molecular flexibility index (Phi) is 9.41. The first-order chi connectivity index (χ1) is 13.9. The third-order valence-electron chi connectivity index (χ3n) is 4.71. The summed E-state index contributed by atoms with van der Waals surface area (Å²) in [6.07, 6.45) is 0.169. The van der Waals surface area contributed by atoms with Gasteiger partial charge in [0.05, 0.1) is 19.3 Å². The SMILES string of the molecule is CCNC(=NCc1ccc(C(=O)N(C)C)cc1)NCC1CN(CC(C)C)CCO1. The second-order valence-corrected chi connectivity index (χ2v) is 8.12. The molecule has 2 N–H and O–H groups in total. The van der Waals surface area contributed by atoms with E-state index in [4.69, 9.17) is 4.74 Å². The van der Waals surface area contributed by atoms with Gasteiger partial charge >= 0.3 is 0 Å². The Bertz CT molecular complexity index is 658. The minimum absolute atomic E-state index is 0.00838. The van der Waals surface area contributed by atoms with Crippen LogP contribution in [0.4, 0.5) is 0 Å². The maximum Gasteiger partial charge on any atom is 0.253 e. The third-order valence-corrected chi connectivity index (χ3v) is 4.71. The van der Waals surface area contributed by atoms with Crippen LogP contribution in [-0.4, -0.2) is 81.2 Å². The summed E-state index contributed by atoms with van der Waals surface area (Å²) in [4.78, 5) is 20.7. The molecule has 7 nitrogen and oxygen atoms in total. The fourth-order valence-corrected chi connectivity index (χ4v) is 3.32. The number of ether oxygens (including phenoxy) is 1. The molecule has 0 spiro atoms. The molecule has 1 unspecified atom stereocenters. The summed E-state index contributed by atoms with van der Waals surface area (Å²) >= 11 is 0. The van der Waals surface area contributed by atoms with Crippen LogP contribution < -0.4 is 10.6 Å². The Morgan fingerprint density at radius 1 is 1.28 bits per heavy atom. The Balaban J connectivity index is 1.88. The van der Waals surface area contributed by atoms with E-state index in [0.717, 1.165) is 50.9 Å². The minimum atomic E-state index is 0.00838. The van der Waals surface area contributed by atoms with Crippen LogP contribution in [0.15, 0.2) is 29.3 Å². The smallest absolute Gasteiger partial charge is 0.253 e. The third kappa shape index (κ3) is 8.03. The molecule has 0 radical (unpaired) electrons.